The van der Waals surface area contributed by atoms with Gasteiger partial charge in [-0.05, 0) is 36.4 Å². The molecule has 5 heteroatoms. The fourth-order valence-electron chi connectivity index (χ4n) is 2.57. The van der Waals surface area contributed by atoms with Crippen LogP contribution in [-0.4, -0.2) is 21.7 Å². The van der Waals surface area contributed by atoms with E-state index in [4.69, 9.17) is 10.3 Å². The van der Waals surface area contributed by atoms with Gasteiger partial charge in [0.1, 0.15) is 0 Å². The molecule has 0 amide bonds. The molecule has 0 unspecified atom stereocenters. The van der Waals surface area contributed by atoms with E-state index in [0.717, 1.165) is 17.8 Å². The summed E-state index contributed by atoms with van der Waals surface area (Å²) in [6.45, 7) is 0.702. The number of hydrogen-bond donors (Lipinski definition) is 1. The molecule has 100 valence electrons. The number of rotatable bonds is 5. The highest BCUT2D eigenvalue weighted by Gasteiger charge is 2.37. The summed E-state index contributed by atoms with van der Waals surface area (Å²) in [6, 6.07) is 3.92. The molecule has 0 spiro atoms. The molecule has 19 heavy (non-hydrogen) atoms. The SMILES string of the molecule is NCC1(Cc2nc(Cc3cccnc3)no2)CCC1. The van der Waals surface area contributed by atoms with Crippen LogP contribution in [0.3, 0.4) is 0 Å². The lowest BCUT2D eigenvalue weighted by Gasteiger charge is -2.39. The zero-order chi connectivity index (χ0) is 13.1. The lowest BCUT2D eigenvalue weighted by atomic mass is 9.67. The lowest BCUT2D eigenvalue weighted by molar-refractivity contribution is 0.129. The quantitative estimate of drug-likeness (QED) is 0.883. The van der Waals surface area contributed by atoms with Crippen molar-refractivity contribution in [1.29, 1.82) is 0 Å². The monoisotopic (exact) mass is 258 g/mol. The number of hydrogen-bond acceptors (Lipinski definition) is 5. The molecular formula is C14H18N4O. The van der Waals surface area contributed by atoms with Crippen molar-refractivity contribution in [3.05, 3.63) is 41.8 Å². The standard InChI is InChI=1S/C14H18N4O/c15-10-14(4-2-5-14)8-13-17-12(18-19-13)7-11-3-1-6-16-9-11/h1,3,6,9H,2,4-5,7-8,10,15H2. The Labute approximate surface area is 112 Å². The Kier molecular flexibility index (Phi) is 3.29. The molecule has 0 aromatic carbocycles. The number of aromatic nitrogens is 3. The molecule has 0 saturated heterocycles. The molecule has 0 bridgehead atoms. The van der Waals surface area contributed by atoms with Gasteiger partial charge in [-0.15, -0.1) is 0 Å². The minimum Gasteiger partial charge on any atom is -0.339 e. The smallest absolute Gasteiger partial charge is 0.227 e. The highest BCUT2D eigenvalue weighted by molar-refractivity contribution is 5.13. The molecule has 2 N–H and O–H groups in total. The Morgan fingerprint density at radius 2 is 2.26 bits per heavy atom. The van der Waals surface area contributed by atoms with E-state index in [1.54, 1.807) is 6.20 Å². The summed E-state index contributed by atoms with van der Waals surface area (Å²) in [5.41, 5.74) is 7.15. The van der Waals surface area contributed by atoms with Crippen LogP contribution in [0, 0.1) is 5.41 Å². The Bertz CT molecular complexity index is 528. The minimum atomic E-state index is 0.206. The maximum atomic E-state index is 5.85. The maximum absolute atomic E-state index is 5.85. The Balaban J connectivity index is 1.66. The molecular weight excluding hydrogens is 240 g/mol. The van der Waals surface area contributed by atoms with Gasteiger partial charge in [-0.25, -0.2) is 0 Å². The van der Waals surface area contributed by atoms with Crippen molar-refractivity contribution < 1.29 is 4.52 Å². The van der Waals surface area contributed by atoms with Crippen molar-refractivity contribution in [2.45, 2.75) is 32.1 Å². The first-order valence-electron chi connectivity index (χ1n) is 6.70. The van der Waals surface area contributed by atoms with Gasteiger partial charge in [0, 0.05) is 25.2 Å². The van der Waals surface area contributed by atoms with Crippen molar-refractivity contribution in [1.82, 2.24) is 15.1 Å². The van der Waals surface area contributed by atoms with Gasteiger partial charge < -0.3 is 10.3 Å². The van der Waals surface area contributed by atoms with E-state index in [1.807, 2.05) is 18.3 Å². The minimum absolute atomic E-state index is 0.206. The maximum Gasteiger partial charge on any atom is 0.227 e. The summed E-state index contributed by atoms with van der Waals surface area (Å²) in [4.78, 5) is 8.54. The summed E-state index contributed by atoms with van der Waals surface area (Å²) in [5, 5.41) is 4.03. The van der Waals surface area contributed by atoms with Gasteiger partial charge in [-0.3, -0.25) is 4.98 Å². The number of pyridine rings is 1. The van der Waals surface area contributed by atoms with E-state index in [1.165, 1.54) is 19.3 Å². The average Bonchev–Trinajstić information content (AvgIpc) is 2.82. The van der Waals surface area contributed by atoms with Gasteiger partial charge in [0.2, 0.25) is 5.89 Å². The van der Waals surface area contributed by atoms with E-state index in [0.29, 0.717) is 18.9 Å². The average molecular weight is 258 g/mol. The fourth-order valence-corrected chi connectivity index (χ4v) is 2.57. The fraction of sp³-hybridized carbons (Fsp3) is 0.500. The van der Waals surface area contributed by atoms with Crippen LogP contribution in [-0.2, 0) is 12.8 Å². The van der Waals surface area contributed by atoms with Gasteiger partial charge in [0.05, 0.1) is 0 Å². The first kappa shape index (κ1) is 12.3. The summed E-state index contributed by atoms with van der Waals surface area (Å²) >= 11 is 0. The molecule has 0 aliphatic heterocycles. The van der Waals surface area contributed by atoms with Crippen molar-refractivity contribution in [3.63, 3.8) is 0 Å². The van der Waals surface area contributed by atoms with Crippen LogP contribution in [0.25, 0.3) is 0 Å². The first-order valence-corrected chi connectivity index (χ1v) is 6.70. The predicted molar refractivity (Wildman–Crippen MR) is 70.4 cm³/mol. The van der Waals surface area contributed by atoms with E-state index in [9.17, 15) is 0 Å². The summed E-state index contributed by atoms with van der Waals surface area (Å²) < 4.78 is 5.33. The van der Waals surface area contributed by atoms with Gasteiger partial charge in [0.25, 0.3) is 0 Å². The molecule has 0 atom stereocenters. The third-order valence-electron chi connectivity index (χ3n) is 3.97. The molecule has 0 radical (unpaired) electrons. The molecule has 1 aliphatic carbocycles. The largest absolute Gasteiger partial charge is 0.339 e. The number of nitrogens with zero attached hydrogens (tertiary/aromatic N) is 3. The van der Waals surface area contributed by atoms with Crippen LogP contribution in [0.4, 0.5) is 0 Å². The molecule has 2 aromatic rings. The molecule has 2 aromatic heterocycles. The summed E-state index contributed by atoms with van der Waals surface area (Å²) in [5.74, 6) is 1.43. The van der Waals surface area contributed by atoms with Gasteiger partial charge in [-0.2, -0.15) is 4.98 Å². The van der Waals surface area contributed by atoms with Crippen LogP contribution in [0.1, 0.15) is 36.5 Å². The topological polar surface area (TPSA) is 77.8 Å². The van der Waals surface area contributed by atoms with Gasteiger partial charge in [-0.1, -0.05) is 17.6 Å². The Morgan fingerprint density at radius 1 is 1.37 bits per heavy atom. The molecule has 3 rings (SSSR count). The van der Waals surface area contributed by atoms with Gasteiger partial charge >= 0.3 is 0 Å². The van der Waals surface area contributed by atoms with Crippen LogP contribution in [0.2, 0.25) is 0 Å². The van der Waals surface area contributed by atoms with Gasteiger partial charge in [0.15, 0.2) is 5.82 Å². The highest BCUT2D eigenvalue weighted by Crippen LogP contribution is 2.42. The zero-order valence-corrected chi connectivity index (χ0v) is 10.9. The zero-order valence-electron chi connectivity index (χ0n) is 10.9. The van der Waals surface area contributed by atoms with Crippen LogP contribution >= 0.6 is 0 Å². The first-order chi connectivity index (χ1) is 9.30. The second-order valence-electron chi connectivity index (χ2n) is 5.38. The van der Waals surface area contributed by atoms with E-state index >= 15 is 0 Å². The van der Waals surface area contributed by atoms with Crippen LogP contribution in [0.5, 0.6) is 0 Å². The van der Waals surface area contributed by atoms with Crippen LogP contribution in [0.15, 0.2) is 29.0 Å². The van der Waals surface area contributed by atoms with E-state index in [-0.39, 0.29) is 5.41 Å². The second-order valence-corrected chi connectivity index (χ2v) is 5.38. The van der Waals surface area contributed by atoms with E-state index < -0.39 is 0 Å². The van der Waals surface area contributed by atoms with Crippen molar-refractivity contribution in [2.24, 2.45) is 11.1 Å². The lowest BCUT2D eigenvalue weighted by Crippen LogP contribution is -2.39. The normalized spacial score (nSPS) is 17.1. The van der Waals surface area contributed by atoms with Crippen LogP contribution < -0.4 is 5.73 Å². The molecule has 1 aliphatic rings. The Morgan fingerprint density at radius 3 is 2.89 bits per heavy atom. The van der Waals surface area contributed by atoms with Crippen molar-refractivity contribution in [3.8, 4) is 0 Å². The summed E-state index contributed by atoms with van der Waals surface area (Å²) in [6.07, 6.45) is 8.65. The second kappa shape index (κ2) is 5.09. The third-order valence-corrected chi connectivity index (χ3v) is 3.97. The molecule has 5 nitrogen and oxygen atoms in total. The van der Waals surface area contributed by atoms with Crippen molar-refractivity contribution >= 4 is 0 Å². The molecule has 1 fully saturated rings. The molecule has 1 saturated carbocycles. The Hall–Kier alpha value is -1.75. The summed E-state index contributed by atoms with van der Waals surface area (Å²) in [7, 11) is 0. The number of nitrogens with two attached hydrogens (primary N) is 1. The van der Waals surface area contributed by atoms with Crippen molar-refractivity contribution in [2.75, 3.05) is 6.54 Å². The van der Waals surface area contributed by atoms with E-state index in [2.05, 4.69) is 15.1 Å². The predicted octanol–water partition coefficient (Wildman–Crippen LogP) is 1.73. The highest BCUT2D eigenvalue weighted by atomic mass is 16.5. The molecule has 2 heterocycles. The third kappa shape index (κ3) is 2.66.